The molecule has 17 heavy (non-hydrogen) atoms. The van der Waals surface area contributed by atoms with E-state index >= 15 is 0 Å². The molecule has 0 saturated heterocycles. The van der Waals surface area contributed by atoms with Crippen LogP contribution in [0.3, 0.4) is 0 Å². The van der Waals surface area contributed by atoms with Crippen molar-refractivity contribution in [2.45, 2.75) is 19.9 Å². The molecule has 0 spiro atoms. The third-order valence-corrected chi connectivity index (χ3v) is 3.54. The molecule has 2 N–H and O–H groups in total. The van der Waals surface area contributed by atoms with Crippen LogP contribution in [0.15, 0.2) is 46.9 Å². The molecule has 1 atom stereocenters. The van der Waals surface area contributed by atoms with Gasteiger partial charge >= 0.3 is 0 Å². The van der Waals surface area contributed by atoms with E-state index in [1.165, 1.54) is 16.7 Å². The molecular formula is C15H16BrN. The van der Waals surface area contributed by atoms with E-state index in [1.54, 1.807) is 0 Å². The Labute approximate surface area is 111 Å². The van der Waals surface area contributed by atoms with Crippen LogP contribution >= 0.6 is 15.9 Å². The number of nitrogens with two attached hydrogens (primary N) is 1. The average Bonchev–Trinajstić information content (AvgIpc) is 2.29. The van der Waals surface area contributed by atoms with E-state index in [1.807, 2.05) is 6.92 Å². The molecule has 0 fully saturated rings. The second-order valence-electron chi connectivity index (χ2n) is 4.40. The van der Waals surface area contributed by atoms with Gasteiger partial charge in [0.25, 0.3) is 0 Å². The van der Waals surface area contributed by atoms with Crippen molar-refractivity contribution in [2.24, 2.45) is 5.73 Å². The molecule has 0 aliphatic carbocycles. The molecule has 0 bridgehead atoms. The third-order valence-electron chi connectivity index (χ3n) is 2.85. The Kier molecular flexibility index (Phi) is 3.65. The fraction of sp³-hybridized carbons (Fsp3) is 0.200. The Morgan fingerprint density at radius 2 is 1.88 bits per heavy atom. The van der Waals surface area contributed by atoms with Crippen molar-refractivity contribution >= 4 is 15.9 Å². The van der Waals surface area contributed by atoms with Crippen molar-refractivity contribution in [3.05, 3.63) is 58.1 Å². The van der Waals surface area contributed by atoms with Gasteiger partial charge in [0.05, 0.1) is 0 Å². The lowest BCUT2D eigenvalue weighted by Crippen LogP contribution is -2.04. The van der Waals surface area contributed by atoms with Crippen molar-refractivity contribution < 1.29 is 0 Å². The highest BCUT2D eigenvalue weighted by Gasteiger charge is 2.06. The summed E-state index contributed by atoms with van der Waals surface area (Å²) in [5.74, 6) is 0. The van der Waals surface area contributed by atoms with Gasteiger partial charge in [-0.2, -0.15) is 0 Å². The standard InChI is InChI=1S/C15H16BrN/c1-10-4-3-5-13(8-10)14-9-12(11(2)17)6-7-15(14)16/h3-9,11H,17H2,1-2H3. The van der Waals surface area contributed by atoms with Crippen LogP contribution in [0.25, 0.3) is 11.1 Å². The van der Waals surface area contributed by atoms with E-state index in [0.29, 0.717) is 0 Å². The first kappa shape index (κ1) is 12.3. The monoisotopic (exact) mass is 289 g/mol. The van der Waals surface area contributed by atoms with E-state index in [2.05, 4.69) is 65.3 Å². The second-order valence-corrected chi connectivity index (χ2v) is 5.25. The molecule has 0 saturated carbocycles. The molecule has 0 aliphatic rings. The molecule has 2 rings (SSSR count). The summed E-state index contributed by atoms with van der Waals surface area (Å²) in [4.78, 5) is 0. The molecule has 0 aliphatic heterocycles. The van der Waals surface area contributed by atoms with Crippen LogP contribution in [0.1, 0.15) is 24.1 Å². The quantitative estimate of drug-likeness (QED) is 0.869. The Bertz CT molecular complexity index is 532. The van der Waals surface area contributed by atoms with Crippen molar-refractivity contribution in [3.63, 3.8) is 0 Å². The molecule has 2 aromatic rings. The summed E-state index contributed by atoms with van der Waals surface area (Å²) in [5, 5.41) is 0. The number of benzene rings is 2. The minimum atomic E-state index is 0.0617. The average molecular weight is 290 g/mol. The zero-order valence-electron chi connectivity index (χ0n) is 10.1. The molecule has 88 valence electrons. The smallest absolute Gasteiger partial charge is 0.0266 e. The topological polar surface area (TPSA) is 26.0 Å². The first-order valence-corrected chi connectivity index (χ1v) is 6.49. The number of hydrogen-bond donors (Lipinski definition) is 1. The number of halogens is 1. The van der Waals surface area contributed by atoms with E-state index in [4.69, 9.17) is 5.73 Å². The molecule has 0 amide bonds. The van der Waals surface area contributed by atoms with Gasteiger partial charge in [0, 0.05) is 10.5 Å². The van der Waals surface area contributed by atoms with Gasteiger partial charge in [-0.05, 0) is 42.7 Å². The first-order valence-electron chi connectivity index (χ1n) is 5.70. The minimum absolute atomic E-state index is 0.0617. The third kappa shape index (κ3) is 2.76. The summed E-state index contributed by atoms with van der Waals surface area (Å²) >= 11 is 3.60. The Hall–Kier alpha value is -1.12. The predicted octanol–water partition coefficient (Wildman–Crippen LogP) is 4.44. The van der Waals surface area contributed by atoms with Gasteiger partial charge < -0.3 is 5.73 Å². The lowest BCUT2D eigenvalue weighted by atomic mass is 9.99. The lowest BCUT2D eigenvalue weighted by Gasteiger charge is -2.11. The van der Waals surface area contributed by atoms with E-state index < -0.39 is 0 Å². The van der Waals surface area contributed by atoms with E-state index in [9.17, 15) is 0 Å². The van der Waals surface area contributed by atoms with Crippen molar-refractivity contribution in [1.82, 2.24) is 0 Å². The van der Waals surface area contributed by atoms with Crippen LogP contribution in [0, 0.1) is 6.92 Å². The van der Waals surface area contributed by atoms with Gasteiger partial charge in [0.1, 0.15) is 0 Å². The minimum Gasteiger partial charge on any atom is -0.324 e. The highest BCUT2D eigenvalue weighted by molar-refractivity contribution is 9.10. The maximum absolute atomic E-state index is 5.93. The highest BCUT2D eigenvalue weighted by Crippen LogP contribution is 2.30. The van der Waals surface area contributed by atoms with Crippen LogP contribution in [0.5, 0.6) is 0 Å². The zero-order chi connectivity index (χ0) is 12.4. The molecule has 0 heterocycles. The summed E-state index contributed by atoms with van der Waals surface area (Å²) in [6.07, 6.45) is 0. The highest BCUT2D eigenvalue weighted by atomic mass is 79.9. The summed E-state index contributed by atoms with van der Waals surface area (Å²) < 4.78 is 1.10. The Balaban J connectivity index is 2.54. The van der Waals surface area contributed by atoms with Crippen molar-refractivity contribution in [3.8, 4) is 11.1 Å². The zero-order valence-corrected chi connectivity index (χ0v) is 11.7. The Morgan fingerprint density at radius 1 is 1.12 bits per heavy atom. The summed E-state index contributed by atoms with van der Waals surface area (Å²) in [7, 11) is 0. The molecule has 1 nitrogen and oxygen atoms in total. The fourth-order valence-corrected chi connectivity index (χ4v) is 2.34. The van der Waals surface area contributed by atoms with Gasteiger partial charge in [0.2, 0.25) is 0 Å². The first-order chi connectivity index (χ1) is 8.08. The SMILES string of the molecule is Cc1cccc(-c2cc(C(C)N)ccc2Br)c1. The molecule has 0 radical (unpaired) electrons. The van der Waals surface area contributed by atoms with Crippen molar-refractivity contribution in [1.29, 1.82) is 0 Å². The number of aryl methyl sites for hydroxylation is 1. The second kappa shape index (κ2) is 5.03. The summed E-state index contributed by atoms with van der Waals surface area (Å²) in [6.45, 7) is 4.11. The molecular weight excluding hydrogens is 274 g/mol. The number of hydrogen-bond acceptors (Lipinski definition) is 1. The summed E-state index contributed by atoms with van der Waals surface area (Å²) in [6, 6.07) is 14.8. The van der Waals surface area contributed by atoms with Gasteiger partial charge in [-0.3, -0.25) is 0 Å². The fourth-order valence-electron chi connectivity index (χ4n) is 1.86. The lowest BCUT2D eigenvalue weighted by molar-refractivity contribution is 0.818. The molecule has 2 aromatic carbocycles. The Morgan fingerprint density at radius 3 is 2.53 bits per heavy atom. The van der Waals surface area contributed by atoms with Gasteiger partial charge in [-0.15, -0.1) is 0 Å². The predicted molar refractivity (Wildman–Crippen MR) is 76.9 cm³/mol. The molecule has 1 unspecified atom stereocenters. The van der Waals surface area contributed by atoms with Crippen LogP contribution < -0.4 is 5.73 Å². The number of rotatable bonds is 2. The molecule has 0 aromatic heterocycles. The maximum Gasteiger partial charge on any atom is 0.0266 e. The van der Waals surface area contributed by atoms with Crippen molar-refractivity contribution in [2.75, 3.05) is 0 Å². The largest absolute Gasteiger partial charge is 0.324 e. The van der Waals surface area contributed by atoms with E-state index in [-0.39, 0.29) is 6.04 Å². The molecule has 2 heteroatoms. The maximum atomic E-state index is 5.93. The van der Waals surface area contributed by atoms with E-state index in [0.717, 1.165) is 10.0 Å². The van der Waals surface area contributed by atoms with Crippen LogP contribution in [0.2, 0.25) is 0 Å². The van der Waals surface area contributed by atoms with Crippen LogP contribution in [0.4, 0.5) is 0 Å². The van der Waals surface area contributed by atoms with Gasteiger partial charge in [-0.25, -0.2) is 0 Å². The van der Waals surface area contributed by atoms with Gasteiger partial charge in [-0.1, -0.05) is 51.8 Å². The van der Waals surface area contributed by atoms with Crippen LogP contribution in [-0.4, -0.2) is 0 Å². The normalized spacial score (nSPS) is 12.5. The van der Waals surface area contributed by atoms with Gasteiger partial charge in [0.15, 0.2) is 0 Å². The van der Waals surface area contributed by atoms with Crippen LogP contribution in [-0.2, 0) is 0 Å². The summed E-state index contributed by atoms with van der Waals surface area (Å²) in [5.41, 5.74) is 10.8.